The topological polar surface area (TPSA) is 121 Å². The van der Waals surface area contributed by atoms with Crippen LogP contribution in [0.5, 0.6) is 11.5 Å². The maximum Gasteiger partial charge on any atom is 0.573 e. The molecule has 39 heavy (non-hydrogen) atoms. The fourth-order valence-electron chi connectivity index (χ4n) is 2.80. The van der Waals surface area contributed by atoms with Gasteiger partial charge in [-0.1, -0.05) is 22.0 Å². The number of rotatable bonds is 4. The third-order valence-electron chi connectivity index (χ3n) is 4.14. The molecule has 2 aromatic rings. The third-order valence-corrected chi connectivity index (χ3v) is 4.64. The van der Waals surface area contributed by atoms with Gasteiger partial charge in [0.05, 0.1) is 0 Å². The molecule has 9 nitrogen and oxygen atoms in total. The lowest BCUT2D eigenvalue weighted by Gasteiger charge is -2.25. The molecule has 2 aromatic carbocycles. The van der Waals surface area contributed by atoms with Crippen molar-refractivity contribution in [3.63, 3.8) is 0 Å². The van der Waals surface area contributed by atoms with Crippen LogP contribution in [0.1, 0.15) is 26.3 Å². The van der Waals surface area contributed by atoms with E-state index in [1.165, 1.54) is 19.1 Å². The van der Waals surface area contributed by atoms with Gasteiger partial charge in [-0.25, -0.2) is 9.59 Å². The highest BCUT2D eigenvalue weighted by molar-refractivity contribution is 9.10. The average molecular weight is 631 g/mol. The minimum atomic E-state index is -4.91. The van der Waals surface area contributed by atoms with E-state index in [0.29, 0.717) is 10.0 Å². The first kappa shape index (κ1) is 34.1. The Hall–Kier alpha value is -2.89. The summed E-state index contributed by atoms with van der Waals surface area (Å²) in [5, 5.41) is 17.2. The average Bonchev–Trinajstić information content (AvgIpc) is 2.71. The first-order valence-corrected chi connectivity index (χ1v) is 11.4. The van der Waals surface area contributed by atoms with E-state index in [1.807, 2.05) is 20.5 Å². The Labute approximate surface area is 227 Å². The molecule has 0 radical (unpaired) electrons. The van der Waals surface area contributed by atoms with Crippen LogP contribution >= 0.6 is 15.9 Å². The molecule has 0 spiro atoms. The summed E-state index contributed by atoms with van der Waals surface area (Å²) in [4.78, 5) is 21.1. The smallest absolute Gasteiger partial charge is 0.478 e. The Morgan fingerprint density at radius 1 is 0.744 bits per heavy atom. The van der Waals surface area contributed by atoms with Gasteiger partial charge < -0.3 is 33.4 Å². The molecular formula is C20H20B3BrF6O9. The van der Waals surface area contributed by atoms with E-state index >= 15 is 0 Å². The van der Waals surface area contributed by atoms with Gasteiger partial charge >= 0.3 is 46.0 Å². The highest BCUT2D eigenvalue weighted by Crippen LogP contribution is 2.29. The number of alkyl halides is 6. The van der Waals surface area contributed by atoms with Gasteiger partial charge in [-0.2, -0.15) is 0 Å². The first-order chi connectivity index (χ1) is 17.8. The molecule has 3 rings (SSSR count). The summed E-state index contributed by atoms with van der Waals surface area (Å²) in [5.74, 6) is -4.39. The Morgan fingerprint density at radius 3 is 1.46 bits per heavy atom. The Balaban J connectivity index is 0.000000302. The van der Waals surface area contributed by atoms with Gasteiger partial charge in [0.1, 0.15) is 22.6 Å². The van der Waals surface area contributed by atoms with Crippen LogP contribution in [0, 0.1) is 6.92 Å². The Kier molecular flexibility index (Phi) is 12.7. The van der Waals surface area contributed by atoms with Crippen molar-refractivity contribution in [1.29, 1.82) is 0 Å². The Bertz CT molecular complexity index is 1040. The van der Waals surface area contributed by atoms with E-state index in [2.05, 4.69) is 25.4 Å². The molecule has 0 atom stereocenters. The lowest BCUT2D eigenvalue weighted by molar-refractivity contribution is -0.275. The largest absolute Gasteiger partial charge is 0.573 e. The maximum atomic E-state index is 11.9. The van der Waals surface area contributed by atoms with Crippen LogP contribution < -0.4 is 9.47 Å². The van der Waals surface area contributed by atoms with E-state index in [9.17, 15) is 35.9 Å². The molecule has 1 aliphatic rings. The second kappa shape index (κ2) is 14.5. The molecule has 0 amide bonds. The summed E-state index contributed by atoms with van der Waals surface area (Å²) >= 11 is 2.91. The molecule has 0 aliphatic carbocycles. The fraction of sp³-hybridized carbons (Fsp3) is 0.300. The number of carboxylic acid groups (broad SMARTS) is 2. The Morgan fingerprint density at radius 2 is 1.10 bits per heavy atom. The van der Waals surface area contributed by atoms with Crippen LogP contribution in [0.25, 0.3) is 0 Å². The number of hydrogen-bond donors (Lipinski definition) is 2. The summed E-state index contributed by atoms with van der Waals surface area (Å²) in [7, 11) is -0.406. The molecule has 212 valence electrons. The monoisotopic (exact) mass is 630 g/mol. The molecule has 1 aliphatic heterocycles. The van der Waals surface area contributed by atoms with Crippen molar-refractivity contribution >= 4 is 49.2 Å². The predicted octanol–water partition coefficient (Wildman–Crippen LogP) is 6.04. The minimum Gasteiger partial charge on any atom is -0.478 e. The highest BCUT2D eigenvalue weighted by atomic mass is 79.9. The van der Waals surface area contributed by atoms with E-state index in [0.717, 1.165) is 24.3 Å². The number of aryl methyl sites for hydroxylation is 1. The van der Waals surface area contributed by atoms with Crippen molar-refractivity contribution in [3.8, 4) is 11.5 Å². The van der Waals surface area contributed by atoms with Gasteiger partial charge in [-0.05, 0) is 63.3 Å². The van der Waals surface area contributed by atoms with Crippen molar-refractivity contribution < 1.29 is 69.3 Å². The number of hydrogen-bond acceptors (Lipinski definition) is 7. The number of benzene rings is 2. The summed E-state index contributed by atoms with van der Waals surface area (Å²) < 4.78 is 94.2. The highest BCUT2D eigenvalue weighted by Gasteiger charge is 2.34. The number of ether oxygens (including phenoxy) is 2. The molecule has 0 unspecified atom stereocenters. The second-order valence-corrected chi connectivity index (χ2v) is 8.37. The van der Waals surface area contributed by atoms with Crippen molar-refractivity contribution in [3.05, 3.63) is 57.6 Å². The predicted molar refractivity (Wildman–Crippen MR) is 131 cm³/mol. The molecule has 1 saturated heterocycles. The van der Waals surface area contributed by atoms with Crippen LogP contribution in [-0.4, -0.2) is 56.2 Å². The summed E-state index contributed by atoms with van der Waals surface area (Å²) in [6, 6.07) is 6.76. The van der Waals surface area contributed by atoms with Crippen LogP contribution in [0.2, 0.25) is 20.5 Å². The zero-order valence-corrected chi connectivity index (χ0v) is 22.2. The molecular weight excluding hydrogens is 611 g/mol. The van der Waals surface area contributed by atoms with Gasteiger partial charge in [0.15, 0.2) is 0 Å². The molecule has 1 heterocycles. The van der Waals surface area contributed by atoms with Gasteiger partial charge in [0.2, 0.25) is 0 Å². The third kappa shape index (κ3) is 13.6. The molecule has 19 heteroatoms. The number of carboxylic acids is 2. The van der Waals surface area contributed by atoms with E-state index < -0.39 is 47.3 Å². The lowest BCUT2D eigenvalue weighted by Crippen LogP contribution is -2.44. The molecule has 0 aromatic heterocycles. The standard InChI is InChI=1S/C9H7F3O3.C8H4BrF3O3.C3H9B3O3/c1-5-2-3-6(8(13)14)7(4-5)15-9(10,11)12;9-4-1-2-5(7(13)14)6(3-4)15-8(10,11)12;1-4-7-5(2)9-6(3)8-4/h2-4H,1H3,(H,13,14);1-3H,(H,13,14);1-3H3. The van der Waals surface area contributed by atoms with E-state index in [-0.39, 0.29) is 21.4 Å². The van der Waals surface area contributed by atoms with Crippen LogP contribution in [0.4, 0.5) is 26.3 Å². The maximum absolute atomic E-state index is 11.9. The summed E-state index contributed by atoms with van der Waals surface area (Å²) in [5.41, 5.74) is -0.576. The summed E-state index contributed by atoms with van der Waals surface area (Å²) in [6.45, 7) is 7.11. The quantitative estimate of drug-likeness (QED) is 0.308. The van der Waals surface area contributed by atoms with Crippen molar-refractivity contribution in [2.75, 3.05) is 0 Å². The van der Waals surface area contributed by atoms with Gasteiger partial charge in [-0.15, -0.1) is 26.3 Å². The van der Waals surface area contributed by atoms with Crippen molar-refractivity contribution in [1.82, 2.24) is 0 Å². The number of carbonyl (C=O) groups is 2. The van der Waals surface area contributed by atoms with Crippen molar-refractivity contribution in [2.24, 2.45) is 0 Å². The lowest BCUT2D eigenvalue weighted by atomic mass is 9.74. The summed E-state index contributed by atoms with van der Waals surface area (Å²) in [6.07, 6.45) is -9.80. The number of halogens is 7. The van der Waals surface area contributed by atoms with Gasteiger partial charge in [-0.3, -0.25) is 0 Å². The SMILES string of the molecule is CB1OB(C)OB(C)O1.Cc1ccc(C(=O)O)c(OC(F)(F)F)c1.O=C(O)c1ccc(Br)cc1OC(F)(F)F. The minimum absolute atomic E-state index is 0.135. The molecule has 1 fully saturated rings. The molecule has 0 saturated carbocycles. The normalized spacial score (nSPS) is 13.5. The zero-order valence-electron chi connectivity index (χ0n) is 20.6. The zero-order chi connectivity index (χ0) is 30.1. The van der Waals surface area contributed by atoms with Gasteiger partial charge in [0, 0.05) is 4.47 Å². The van der Waals surface area contributed by atoms with Crippen molar-refractivity contribution in [2.45, 2.75) is 40.1 Å². The number of aromatic carboxylic acids is 2. The van der Waals surface area contributed by atoms with E-state index in [4.69, 9.17) is 23.9 Å². The van der Waals surface area contributed by atoms with Crippen LogP contribution in [-0.2, 0) is 13.7 Å². The van der Waals surface area contributed by atoms with Gasteiger partial charge in [0.25, 0.3) is 0 Å². The van der Waals surface area contributed by atoms with Crippen LogP contribution in [0.3, 0.4) is 0 Å². The first-order valence-electron chi connectivity index (χ1n) is 10.6. The fourth-order valence-corrected chi connectivity index (χ4v) is 3.14. The van der Waals surface area contributed by atoms with Crippen LogP contribution in [0.15, 0.2) is 40.9 Å². The molecule has 0 bridgehead atoms. The van der Waals surface area contributed by atoms with E-state index in [1.54, 1.807) is 0 Å². The molecule has 2 N–H and O–H groups in total. The second-order valence-electron chi connectivity index (χ2n) is 7.46.